The van der Waals surface area contributed by atoms with E-state index in [2.05, 4.69) is 9.72 Å². The van der Waals surface area contributed by atoms with Gasteiger partial charge in [-0.1, -0.05) is 0 Å². The van der Waals surface area contributed by atoms with Gasteiger partial charge in [-0.05, 0) is 22.6 Å². The van der Waals surface area contributed by atoms with Crippen LogP contribution in [0.3, 0.4) is 0 Å². The van der Waals surface area contributed by atoms with Crippen molar-refractivity contribution < 1.29 is 22.3 Å². The van der Waals surface area contributed by atoms with Crippen molar-refractivity contribution in [3.8, 4) is 11.8 Å². The Morgan fingerprint density at radius 2 is 2.12 bits per heavy atom. The third-order valence-corrected chi connectivity index (χ3v) is 2.69. The summed E-state index contributed by atoms with van der Waals surface area (Å²) >= 11 is 1.71. The molecule has 1 heterocycles. The lowest BCUT2D eigenvalue weighted by Gasteiger charge is -2.15. The van der Waals surface area contributed by atoms with E-state index in [9.17, 15) is 17.6 Å². The maximum absolute atomic E-state index is 12.5. The Kier molecular flexibility index (Phi) is 4.50. The lowest BCUT2D eigenvalue weighted by Crippen LogP contribution is -2.20. The van der Waals surface area contributed by atoms with Crippen molar-refractivity contribution in [2.24, 2.45) is 0 Å². The van der Waals surface area contributed by atoms with Gasteiger partial charge in [0.15, 0.2) is 5.75 Å². The number of pyridine rings is 1. The van der Waals surface area contributed by atoms with Crippen molar-refractivity contribution in [3.05, 3.63) is 21.0 Å². The summed E-state index contributed by atoms with van der Waals surface area (Å²) in [5.41, 5.74) is -0.471. The Bertz CT molecular complexity index is 456. The molecule has 0 atom stereocenters. The Labute approximate surface area is 108 Å². The maximum atomic E-state index is 12.5. The van der Waals surface area contributed by atoms with Gasteiger partial charge in [-0.25, -0.2) is 4.39 Å². The average molecular weight is 360 g/mol. The fourth-order valence-corrected chi connectivity index (χ4v) is 1.70. The standard InChI is InChI=1S/C9H5F4IN2O/c10-3-7-8(17-9(11,12)13)5(1-2-15)6(14)4-16-7/h4H,1,3H2. The summed E-state index contributed by atoms with van der Waals surface area (Å²) in [6.07, 6.45) is -4.05. The summed E-state index contributed by atoms with van der Waals surface area (Å²) < 4.78 is 53.0. The highest BCUT2D eigenvalue weighted by Crippen LogP contribution is 2.32. The van der Waals surface area contributed by atoms with Crippen LogP contribution in [0.25, 0.3) is 0 Å². The second kappa shape index (κ2) is 5.48. The molecule has 0 N–H and O–H groups in total. The summed E-state index contributed by atoms with van der Waals surface area (Å²) in [5, 5.41) is 8.53. The molecule has 0 aliphatic heterocycles. The van der Waals surface area contributed by atoms with Gasteiger partial charge in [0.1, 0.15) is 12.4 Å². The molecule has 3 nitrogen and oxygen atoms in total. The van der Waals surface area contributed by atoms with Crippen LogP contribution in [0, 0.1) is 14.9 Å². The van der Waals surface area contributed by atoms with Crippen molar-refractivity contribution in [3.63, 3.8) is 0 Å². The van der Waals surface area contributed by atoms with Crippen LogP contribution in [0.4, 0.5) is 17.6 Å². The molecule has 0 aliphatic carbocycles. The zero-order chi connectivity index (χ0) is 13.1. The topological polar surface area (TPSA) is 45.9 Å². The molecule has 0 radical (unpaired) electrons. The third kappa shape index (κ3) is 3.69. The van der Waals surface area contributed by atoms with Crippen LogP contribution in [0.1, 0.15) is 11.3 Å². The molecule has 0 spiro atoms. The smallest absolute Gasteiger partial charge is 0.403 e. The molecule has 92 valence electrons. The number of nitrogens with zero attached hydrogens (tertiary/aromatic N) is 2. The molecule has 1 aromatic heterocycles. The molecule has 8 heteroatoms. The normalized spacial score (nSPS) is 11.1. The molecule has 0 aliphatic rings. The second-order valence-electron chi connectivity index (χ2n) is 2.88. The largest absolute Gasteiger partial charge is 0.573 e. The van der Waals surface area contributed by atoms with Crippen LogP contribution >= 0.6 is 22.6 Å². The first-order valence-electron chi connectivity index (χ1n) is 4.24. The quantitative estimate of drug-likeness (QED) is 0.615. The number of hydrogen-bond donors (Lipinski definition) is 0. The molecular weight excluding hydrogens is 355 g/mol. The van der Waals surface area contributed by atoms with Crippen molar-refractivity contribution in [2.45, 2.75) is 19.5 Å². The zero-order valence-electron chi connectivity index (χ0n) is 8.18. The predicted molar refractivity (Wildman–Crippen MR) is 57.8 cm³/mol. The SMILES string of the molecule is N#CCc1c(I)cnc(CF)c1OC(F)(F)F. The molecule has 17 heavy (non-hydrogen) atoms. The van der Waals surface area contributed by atoms with E-state index in [1.165, 1.54) is 6.20 Å². The van der Waals surface area contributed by atoms with Gasteiger partial charge in [-0.15, -0.1) is 13.2 Å². The van der Waals surface area contributed by atoms with Gasteiger partial charge in [0.25, 0.3) is 0 Å². The maximum Gasteiger partial charge on any atom is 0.573 e. The number of halogens is 5. The molecule has 0 aromatic carbocycles. The second-order valence-corrected chi connectivity index (χ2v) is 4.04. The van der Waals surface area contributed by atoms with Gasteiger partial charge in [-0.3, -0.25) is 4.98 Å². The molecular formula is C9H5F4IN2O. The molecule has 0 saturated carbocycles. The molecule has 0 unspecified atom stereocenters. The minimum atomic E-state index is -4.94. The number of rotatable bonds is 3. The van der Waals surface area contributed by atoms with Crippen LogP contribution in [-0.4, -0.2) is 11.3 Å². The highest BCUT2D eigenvalue weighted by Gasteiger charge is 2.34. The molecule has 0 fully saturated rings. The Morgan fingerprint density at radius 1 is 1.47 bits per heavy atom. The van der Waals surface area contributed by atoms with Crippen molar-refractivity contribution in [2.75, 3.05) is 0 Å². The number of alkyl halides is 4. The Hall–Kier alpha value is -1.11. The van der Waals surface area contributed by atoms with Crippen LogP contribution in [0.5, 0.6) is 5.75 Å². The molecule has 1 rings (SSSR count). The lowest BCUT2D eigenvalue weighted by molar-refractivity contribution is -0.275. The molecule has 0 saturated heterocycles. The number of aromatic nitrogens is 1. The van der Waals surface area contributed by atoms with Gasteiger partial charge < -0.3 is 4.74 Å². The van der Waals surface area contributed by atoms with Crippen molar-refractivity contribution in [1.82, 2.24) is 4.98 Å². The van der Waals surface area contributed by atoms with E-state index < -0.39 is 24.5 Å². The average Bonchev–Trinajstić information content (AvgIpc) is 2.22. The zero-order valence-corrected chi connectivity index (χ0v) is 10.3. The van der Waals surface area contributed by atoms with Crippen LogP contribution in [0.15, 0.2) is 6.20 Å². The van der Waals surface area contributed by atoms with E-state index in [4.69, 9.17) is 5.26 Å². The van der Waals surface area contributed by atoms with Crippen LogP contribution in [0.2, 0.25) is 0 Å². The fraction of sp³-hybridized carbons (Fsp3) is 0.333. The van der Waals surface area contributed by atoms with E-state index in [1.54, 1.807) is 28.7 Å². The fourth-order valence-electron chi connectivity index (χ4n) is 1.13. The summed E-state index contributed by atoms with van der Waals surface area (Å²) in [6, 6.07) is 1.70. The van der Waals surface area contributed by atoms with Gasteiger partial charge >= 0.3 is 6.36 Å². The number of nitriles is 1. The summed E-state index contributed by atoms with van der Waals surface area (Å²) in [6.45, 7) is -1.19. The van der Waals surface area contributed by atoms with Crippen molar-refractivity contribution >= 4 is 22.6 Å². The molecule has 1 aromatic rings. The third-order valence-electron chi connectivity index (χ3n) is 1.76. The van der Waals surface area contributed by atoms with E-state index in [1.807, 2.05) is 0 Å². The van der Waals surface area contributed by atoms with Gasteiger partial charge in [0.05, 0.1) is 12.5 Å². The van der Waals surface area contributed by atoms with Crippen molar-refractivity contribution in [1.29, 1.82) is 5.26 Å². The highest BCUT2D eigenvalue weighted by molar-refractivity contribution is 14.1. The summed E-state index contributed by atoms with van der Waals surface area (Å²) in [5.74, 6) is -0.714. The first kappa shape index (κ1) is 14.0. The van der Waals surface area contributed by atoms with Gasteiger partial charge in [0, 0.05) is 15.3 Å². The first-order valence-corrected chi connectivity index (χ1v) is 5.31. The van der Waals surface area contributed by atoms with Gasteiger partial charge in [0.2, 0.25) is 0 Å². The van der Waals surface area contributed by atoms with E-state index >= 15 is 0 Å². The number of ether oxygens (including phenoxy) is 1. The first-order chi connectivity index (χ1) is 7.89. The number of hydrogen-bond acceptors (Lipinski definition) is 3. The Balaban J connectivity index is 3.30. The molecule has 0 amide bonds. The lowest BCUT2D eigenvalue weighted by atomic mass is 10.1. The monoisotopic (exact) mass is 360 g/mol. The summed E-state index contributed by atoms with van der Waals surface area (Å²) in [4.78, 5) is 3.51. The molecule has 0 bridgehead atoms. The van der Waals surface area contributed by atoms with E-state index in [0.29, 0.717) is 3.57 Å². The van der Waals surface area contributed by atoms with Crippen LogP contribution in [-0.2, 0) is 13.1 Å². The van der Waals surface area contributed by atoms with E-state index in [0.717, 1.165) is 0 Å². The van der Waals surface area contributed by atoms with Crippen LogP contribution < -0.4 is 4.74 Å². The van der Waals surface area contributed by atoms with E-state index in [-0.39, 0.29) is 12.0 Å². The minimum absolute atomic E-state index is 0.00641. The highest BCUT2D eigenvalue weighted by atomic mass is 127. The van der Waals surface area contributed by atoms with Gasteiger partial charge in [-0.2, -0.15) is 5.26 Å². The Morgan fingerprint density at radius 3 is 2.59 bits per heavy atom. The predicted octanol–water partition coefficient (Wildman–Crippen LogP) is 3.12. The minimum Gasteiger partial charge on any atom is -0.403 e. The summed E-state index contributed by atoms with van der Waals surface area (Å²) in [7, 11) is 0.